The number of ether oxygens (including phenoxy) is 3. The standard InChI is InChI=1S/C13H20O4/c1-15-9-10-16-7-4-8-17-13-6-3-2-5-12(13)11-14/h2-3,5-6,14H,4,7-11H2,1H3. The minimum atomic E-state index is 0.000508. The number of para-hydroxylation sites is 1. The van der Waals surface area contributed by atoms with Crippen LogP contribution >= 0.6 is 0 Å². The Morgan fingerprint density at radius 2 is 1.88 bits per heavy atom. The van der Waals surface area contributed by atoms with Crippen LogP contribution in [0.25, 0.3) is 0 Å². The molecular formula is C13H20O4. The number of benzene rings is 1. The second kappa shape index (κ2) is 8.98. The minimum absolute atomic E-state index is 0.000508. The largest absolute Gasteiger partial charge is 0.493 e. The van der Waals surface area contributed by atoms with Gasteiger partial charge in [0.15, 0.2) is 0 Å². The minimum Gasteiger partial charge on any atom is -0.493 e. The first-order valence-corrected chi connectivity index (χ1v) is 5.76. The lowest BCUT2D eigenvalue weighted by Crippen LogP contribution is -2.07. The smallest absolute Gasteiger partial charge is 0.124 e. The molecule has 1 aromatic carbocycles. The maximum atomic E-state index is 9.10. The van der Waals surface area contributed by atoms with Crippen LogP contribution in [-0.4, -0.2) is 38.6 Å². The summed E-state index contributed by atoms with van der Waals surface area (Å²) in [6.45, 7) is 2.48. The average Bonchev–Trinajstić information content (AvgIpc) is 2.38. The van der Waals surface area contributed by atoms with Gasteiger partial charge in [0.2, 0.25) is 0 Å². The normalized spacial score (nSPS) is 10.5. The quantitative estimate of drug-likeness (QED) is 0.666. The average molecular weight is 240 g/mol. The van der Waals surface area contributed by atoms with Gasteiger partial charge in [-0.05, 0) is 6.07 Å². The molecule has 1 aromatic rings. The highest BCUT2D eigenvalue weighted by Gasteiger charge is 2.00. The van der Waals surface area contributed by atoms with Crippen molar-refractivity contribution in [1.82, 2.24) is 0 Å². The van der Waals surface area contributed by atoms with Crippen molar-refractivity contribution < 1.29 is 19.3 Å². The lowest BCUT2D eigenvalue weighted by Gasteiger charge is -2.09. The third-order valence-electron chi connectivity index (χ3n) is 2.27. The van der Waals surface area contributed by atoms with Crippen LogP contribution in [-0.2, 0) is 16.1 Å². The lowest BCUT2D eigenvalue weighted by molar-refractivity contribution is 0.0643. The SMILES string of the molecule is COCCOCCCOc1ccccc1CO. The van der Waals surface area contributed by atoms with Gasteiger partial charge in [-0.15, -0.1) is 0 Å². The summed E-state index contributed by atoms with van der Waals surface area (Å²) in [5.41, 5.74) is 0.813. The fourth-order valence-corrected chi connectivity index (χ4v) is 1.36. The number of hydrogen-bond acceptors (Lipinski definition) is 4. The number of methoxy groups -OCH3 is 1. The Labute approximate surface area is 102 Å². The fourth-order valence-electron chi connectivity index (χ4n) is 1.36. The Kier molecular flexibility index (Phi) is 7.38. The molecule has 0 saturated heterocycles. The Balaban J connectivity index is 2.13. The third-order valence-corrected chi connectivity index (χ3v) is 2.27. The van der Waals surface area contributed by atoms with Gasteiger partial charge in [-0.25, -0.2) is 0 Å². The monoisotopic (exact) mass is 240 g/mol. The van der Waals surface area contributed by atoms with Crippen molar-refractivity contribution >= 4 is 0 Å². The van der Waals surface area contributed by atoms with Crippen molar-refractivity contribution in [2.45, 2.75) is 13.0 Å². The molecule has 0 spiro atoms. The molecule has 0 bridgehead atoms. The number of aliphatic hydroxyl groups is 1. The van der Waals surface area contributed by atoms with Crippen LogP contribution in [0.2, 0.25) is 0 Å². The summed E-state index contributed by atoms with van der Waals surface area (Å²) < 4.78 is 15.7. The zero-order valence-electron chi connectivity index (χ0n) is 10.2. The molecule has 0 aromatic heterocycles. The van der Waals surface area contributed by atoms with Gasteiger partial charge in [-0.2, -0.15) is 0 Å². The molecule has 0 fully saturated rings. The Hall–Kier alpha value is -1.10. The van der Waals surface area contributed by atoms with Crippen molar-refractivity contribution in [1.29, 1.82) is 0 Å². The van der Waals surface area contributed by atoms with Crippen LogP contribution in [0, 0.1) is 0 Å². The van der Waals surface area contributed by atoms with Gasteiger partial charge in [-0.1, -0.05) is 18.2 Å². The number of aliphatic hydroxyl groups excluding tert-OH is 1. The molecule has 17 heavy (non-hydrogen) atoms. The highest BCUT2D eigenvalue weighted by molar-refractivity contribution is 5.32. The van der Waals surface area contributed by atoms with Gasteiger partial charge in [0.25, 0.3) is 0 Å². The Morgan fingerprint density at radius 3 is 2.65 bits per heavy atom. The summed E-state index contributed by atoms with van der Waals surface area (Å²) >= 11 is 0. The second-order valence-electron chi connectivity index (χ2n) is 3.57. The van der Waals surface area contributed by atoms with Crippen LogP contribution in [0.5, 0.6) is 5.75 Å². The van der Waals surface area contributed by atoms with Crippen molar-refractivity contribution in [2.24, 2.45) is 0 Å². The molecule has 96 valence electrons. The number of hydrogen-bond donors (Lipinski definition) is 1. The summed E-state index contributed by atoms with van der Waals surface area (Å²) in [4.78, 5) is 0. The summed E-state index contributed by atoms with van der Waals surface area (Å²) in [5.74, 6) is 0.742. The predicted octanol–water partition coefficient (Wildman–Crippen LogP) is 1.61. The number of rotatable bonds is 9. The van der Waals surface area contributed by atoms with E-state index in [2.05, 4.69) is 0 Å². The van der Waals surface area contributed by atoms with Crippen molar-refractivity contribution in [3.05, 3.63) is 29.8 Å². The first-order chi connectivity index (χ1) is 8.38. The molecule has 0 heterocycles. The van der Waals surface area contributed by atoms with Gasteiger partial charge < -0.3 is 19.3 Å². The van der Waals surface area contributed by atoms with E-state index in [1.807, 2.05) is 24.3 Å². The maximum absolute atomic E-state index is 9.10. The van der Waals surface area contributed by atoms with E-state index in [9.17, 15) is 0 Å². The molecule has 0 unspecified atom stereocenters. The fraction of sp³-hybridized carbons (Fsp3) is 0.538. The topological polar surface area (TPSA) is 47.9 Å². The second-order valence-corrected chi connectivity index (χ2v) is 3.57. The highest BCUT2D eigenvalue weighted by atomic mass is 16.5. The van der Waals surface area contributed by atoms with E-state index in [4.69, 9.17) is 19.3 Å². The molecule has 0 aliphatic heterocycles. The van der Waals surface area contributed by atoms with E-state index < -0.39 is 0 Å². The maximum Gasteiger partial charge on any atom is 0.124 e. The van der Waals surface area contributed by atoms with Crippen molar-refractivity contribution in [2.75, 3.05) is 33.5 Å². The molecular weight excluding hydrogens is 220 g/mol. The van der Waals surface area contributed by atoms with E-state index in [0.717, 1.165) is 17.7 Å². The summed E-state index contributed by atoms with van der Waals surface area (Å²) in [6, 6.07) is 7.48. The van der Waals surface area contributed by atoms with E-state index in [1.54, 1.807) is 7.11 Å². The van der Waals surface area contributed by atoms with Crippen LogP contribution in [0.3, 0.4) is 0 Å². The van der Waals surface area contributed by atoms with Crippen molar-refractivity contribution in [3.8, 4) is 5.75 Å². The molecule has 0 atom stereocenters. The molecule has 0 aliphatic carbocycles. The van der Waals surface area contributed by atoms with E-state index in [1.165, 1.54) is 0 Å². The van der Waals surface area contributed by atoms with Gasteiger partial charge in [0.1, 0.15) is 5.75 Å². The molecule has 0 amide bonds. The third kappa shape index (κ3) is 5.68. The Bertz CT molecular complexity index is 301. The van der Waals surface area contributed by atoms with E-state index in [0.29, 0.717) is 26.4 Å². The van der Waals surface area contributed by atoms with Crippen LogP contribution in [0.1, 0.15) is 12.0 Å². The molecule has 4 nitrogen and oxygen atoms in total. The zero-order valence-corrected chi connectivity index (χ0v) is 10.2. The van der Waals surface area contributed by atoms with Gasteiger partial charge in [-0.3, -0.25) is 0 Å². The van der Waals surface area contributed by atoms with Crippen LogP contribution in [0.15, 0.2) is 24.3 Å². The first-order valence-electron chi connectivity index (χ1n) is 5.76. The zero-order chi connectivity index (χ0) is 12.3. The first kappa shape index (κ1) is 14.0. The molecule has 1 N–H and O–H groups in total. The van der Waals surface area contributed by atoms with Gasteiger partial charge >= 0.3 is 0 Å². The lowest BCUT2D eigenvalue weighted by atomic mass is 10.2. The molecule has 0 radical (unpaired) electrons. The molecule has 1 rings (SSSR count). The predicted molar refractivity (Wildman–Crippen MR) is 65.2 cm³/mol. The molecule has 0 saturated carbocycles. The summed E-state index contributed by atoms with van der Waals surface area (Å²) in [6.07, 6.45) is 0.823. The summed E-state index contributed by atoms with van der Waals surface area (Å²) in [7, 11) is 1.65. The Morgan fingerprint density at radius 1 is 1.06 bits per heavy atom. The van der Waals surface area contributed by atoms with Gasteiger partial charge in [0, 0.05) is 25.7 Å². The van der Waals surface area contributed by atoms with Crippen LogP contribution in [0.4, 0.5) is 0 Å². The van der Waals surface area contributed by atoms with Gasteiger partial charge in [0.05, 0.1) is 26.4 Å². The van der Waals surface area contributed by atoms with Crippen molar-refractivity contribution in [3.63, 3.8) is 0 Å². The van der Waals surface area contributed by atoms with E-state index >= 15 is 0 Å². The van der Waals surface area contributed by atoms with Crippen LogP contribution < -0.4 is 4.74 Å². The summed E-state index contributed by atoms with van der Waals surface area (Å²) in [5, 5.41) is 9.10. The highest BCUT2D eigenvalue weighted by Crippen LogP contribution is 2.17. The van der Waals surface area contributed by atoms with E-state index in [-0.39, 0.29) is 6.61 Å². The molecule has 0 aliphatic rings. The molecule has 4 heteroatoms.